The van der Waals surface area contributed by atoms with Crippen molar-refractivity contribution in [1.82, 2.24) is 20.2 Å². The third kappa shape index (κ3) is 4.23. The molecule has 7 heteroatoms. The number of carbonyl (C=O) groups excluding carboxylic acids is 1. The summed E-state index contributed by atoms with van der Waals surface area (Å²) >= 11 is 0. The molecule has 1 unspecified atom stereocenters. The lowest BCUT2D eigenvalue weighted by atomic mass is 10.2. The van der Waals surface area contributed by atoms with E-state index in [4.69, 9.17) is 4.74 Å². The molecule has 2 heterocycles. The Morgan fingerprint density at radius 3 is 2.92 bits per heavy atom. The first kappa shape index (κ1) is 17.1. The molecule has 6 nitrogen and oxygen atoms in total. The van der Waals surface area contributed by atoms with Crippen LogP contribution in [0.2, 0.25) is 0 Å². The summed E-state index contributed by atoms with van der Waals surface area (Å²) in [6.45, 7) is 3.27. The van der Waals surface area contributed by atoms with Crippen molar-refractivity contribution < 1.29 is 13.9 Å². The van der Waals surface area contributed by atoms with Crippen molar-refractivity contribution in [2.45, 2.75) is 32.4 Å². The number of halogens is 1. The second kappa shape index (κ2) is 7.92. The Hall–Kier alpha value is -2.70. The number of aryl methyl sites for hydroxylation is 1. The molecule has 132 valence electrons. The van der Waals surface area contributed by atoms with Crippen molar-refractivity contribution in [3.8, 4) is 5.88 Å². The summed E-state index contributed by atoms with van der Waals surface area (Å²) < 4.78 is 19.8. The summed E-state index contributed by atoms with van der Waals surface area (Å²) in [4.78, 5) is 21.7. The van der Waals surface area contributed by atoms with Crippen molar-refractivity contribution in [3.05, 3.63) is 53.7 Å². The van der Waals surface area contributed by atoms with Gasteiger partial charge in [0.05, 0.1) is 12.2 Å². The number of aromatic nitrogens is 2. The fraction of sp³-hybridized carbons (Fsp3) is 0.389. The maximum absolute atomic E-state index is 14.1. The largest absolute Gasteiger partial charge is 0.470 e. The Morgan fingerprint density at radius 2 is 2.16 bits per heavy atom. The van der Waals surface area contributed by atoms with Crippen LogP contribution < -0.4 is 10.1 Å². The van der Waals surface area contributed by atoms with Gasteiger partial charge < -0.3 is 15.0 Å². The van der Waals surface area contributed by atoms with Crippen LogP contribution in [0.5, 0.6) is 5.88 Å². The Labute approximate surface area is 146 Å². The number of amides is 2. The first-order valence-corrected chi connectivity index (χ1v) is 8.40. The molecular formula is C18H21FN4O2. The Bertz CT molecular complexity index is 726. The molecule has 1 aromatic carbocycles. The second-order valence-corrected chi connectivity index (χ2v) is 5.91. The van der Waals surface area contributed by atoms with Crippen LogP contribution >= 0.6 is 0 Å². The zero-order valence-corrected chi connectivity index (χ0v) is 14.1. The number of urea groups is 1. The van der Waals surface area contributed by atoms with Crippen molar-refractivity contribution in [1.29, 1.82) is 0 Å². The maximum Gasteiger partial charge on any atom is 0.317 e. The first-order chi connectivity index (χ1) is 12.2. The number of nitrogens with zero attached hydrogens (tertiary/aromatic N) is 3. The van der Waals surface area contributed by atoms with Gasteiger partial charge in [0.2, 0.25) is 5.82 Å². The van der Waals surface area contributed by atoms with E-state index in [1.807, 2.05) is 37.3 Å². The smallest absolute Gasteiger partial charge is 0.317 e. The van der Waals surface area contributed by atoms with Crippen LogP contribution in [-0.4, -0.2) is 40.1 Å². The van der Waals surface area contributed by atoms with Crippen LogP contribution in [0.1, 0.15) is 24.6 Å². The summed E-state index contributed by atoms with van der Waals surface area (Å²) in [5.74, 6) is -0.555. The third-order valence-electron chi connectivity index (χ3n) is 4.16. The average Bonchev–Trinajstić information content (AvgIpc) is 3.11. The molecule has 0 bridgehead atoms. The molecule has 1 aliphatic rings. The fourth-order valence-corrected chi connectivity index (χ4v) is 2.77. The fourth-order valence-electron chi connectivity index (χ4n) is 2.77. The molecule has 2 aromatic rings. The molecule has 0 saturated carbocycles. The van der Waals surface area contributed by atoms with Gasteiger partial charge in [-0.05, 0) is 12.0 Å². The van der Waals surface area contributed by atoms with E-state index in [-0.39, 0.29) is 18.0 Å². The third-order valence-corrected chi connectivity index (χ3v) is 4.16. The lowest BCUT2D eigenvalue weighted by molar-refractivity contribution is 0.177. The molecule has 1 saturated heterocycles. The number of benzene rings is 1. The highest BCUT2D eigenvalue weighted by atomic mass is 19.1. The minimum atomic E-state index is -0.517. The van der Waals surface area contributed by atoms with E-state index in [9.17, 15) is 9.18 Å². The highest BCUT2D eigenvalue weighted by molar-refractivity contribution is 5.74. The zero-order chi connectivity index (χ0) is 17.6. The van der Waals surface area contributed by atoms with E-state index in [0.29, 0.717) is 38.2 Å². The van der Waals surface area contributed by atoms with Gasteiger partial charge in [0, 0.05) is 19.5 Å². The van der Waals surface area contributed by atoms with Gasteiger partial charge >= 0.3 is 6.03 Å². The van der Waals surface area contributed by atoms with Gasteiger partial charge in [0.1, 0.15) is 12.4 Å². The number of carbonyl (C=O) groups is 1. The van der Waals surface area contributed by atoms with Crippen LogP contribution in [0.3, 0.4) is 0 Å². The van der Waals surface area contributed by atoms with Gasteiger partial charge in [-0.1, -0.05) is 37.3 Å². The van der Waals surface area contributed by atoms with E-state index in [1.165, 1.54) is 6.33 Å². The zero-order valence-electron chi connectivity index (χ0n) is 14.1. The molecule has 1 fully saturated rings. The van der Waals surface area contributed by atoms with Gasteiger partial charge in [-0.3, -0.25) is 0 Å². The molecule has 1 aromatic heterocycles. The van der Waals surface area contributed by atoms with Crippen LogP contribution in [0, 0.1) is 5.82 Å². The molecule has 25 heavy (non-hydrogen) atoms. The highest BCUT2D eigenvalue weighted by Crippen LogP contribution is 2.21. The van der Waals surface area contributed by atoms with Gasteiger partial charge in [-0.15, -0.1) is 0 Å². The molecule has 2 amide bonds. The number of rotatable bonds is 5. The van der Waals surface area contributed by atoms with Crippen LogP contribution in [-0.2, 0) is 13.0 Å². The first-order valence-electron chi connectivity index (χ1n) is 8.40. The van der Waals surface area contributed by atoms with Crippen molar-refractivity contribution in [2.75, 3.05) is 13.1 Å². The monoisotopic (exact) mass is 344 g/mol. The lowest BCUT2D eigenvalue weighted by Crippen LogP contribution is -2.39. The maximum atomic E-state index is 14.1. The number of ether oxygens (including phenoxy) is 1. The number of nitrogens with one attached hydrogen (secondary N) is 1. The Kier molecular flexibility index (Phi) is 5.42. The summed E-state index contributed by atoms with van der Waals surface area (Å²) in [5, 5.41) is 2.89. The molecule has 1 aliphatic heterocycles. The molecule has 0 aliphatic carbocycles. The van der Waals surface area contributed by atoms with Gasteiger partial charge in [-0.2, -0.15) is 9.37 Å². The Balaban J connectivity index is 1.52. The minimum Gasteiger partial charge on any atom is -0.470 e. The molecular weight excluding hydrogens is 323 g/mol. The average molecular weight is 344 g/mol. The number of hydrogen-bond acceptors (Lipinski definition) is 4. The molecule has 1 N–H and O–H groups in total. The van der Waals surface area contributed by atoms with E-state index in [2.05, 4.69) is 15.3 Å². The van der Waals surface area contributed by atoms with E-state index >= 15 is 0 Å². The molecule has 3 rings (SSSR count). The predicted octanol–water partition coefficient (Wildman–Crippen LogP) is 2.54. The number of hydrogen-bond donors (Lipinski definition) is 1. The minimum absolute atomic E-state index is 0.0385. The topological polar surface area (TPSA) is 67.4 Å². The summed E-state index contributed by atoms with van der Waals surface area (Å²) in [6, 6.07) is 9.57. The summed E-state index contributed by atoms with van der Waals surface area (Å²) in [7, 11) is 0. The van der Waals surface area contributed by atoms with Crippen LogP contribution in [0.4, 0.5) is 9.18 Å². The van der Waals surface area contributed by atoms with E-state index < -0.39 is 5.82 Å². The molecule has 0 spiro atoms. The standard InChI is InChI=1S/C18H21FN4O2/c1-2-15-16(19)17(22-12-21-15)25-14-8-9-23(11-14)18(24)20-10-13-6-4-3-5-7-13/h3-7,12,14H,2,8-11H2,1H3,(H,20,24). The summed E-state index contributed by atoms with van der Waals surface area (Å²) in [6.07, 6.45) is 2.15. The van der Waals surface area contributed by atoms with E-state index in [1.54, 1.807) is 4.90 Å². The second-order valence-electron chi connectivity index (χ2n) is 5.91. The molecule has 1 atom stereocenters. The number of likely N-dealkylation sites (tertiary alicyclic amines) is 1. The predicted molar refractivity (Wildman–Crippen MR) is 90.7 cm³/mol. The van der Waals surface area contributed by atoms with Crippen molar-refractivity contribution in [2.24, 2.45) is 0 Å². The highest BCUT2D eigenvalue weighted by Gasteiger charge is 2.28. The SMILES string of the molecule is CCc1ncnc(OC2CCN(C(=O)NCc3ccccc3)C2)c1F. The molecule has 0 radical (unpaired) electrons. The quantitative estimate of drug-likeness (QED) is 0.905. The van der Waals surface area contributed by atoms with Gasteiger partial charge in [0.15, 0.2) is 0 Å². The van der Waals surface area contributed by atoms with Gasteiger partial charge in [0.25, 0.3) is 5.88 Å². The van der Waals surface area contributed by atoms with Gasteiger partial charge in [-0.25, -0.2) is 9.78 Å². The van der Waals surface area contributed by atoms with Crippen LogP contribution in [0.15, 0.2) is 36.7 Å². The normalized spacial score (nSPS) is 16.7. The lowest BCUT2D eigenvalue weighted by Gasteiger charge is -2.18. The van der Waals surface area contributed by atoms with Crippen molar-refractivity contribution in [3.63, 3.8) is 0 Å². The van der Waals surface area contributed by atoms with Crippen molar-refractivity contribution >= 4 is 6.03 Å². The Morgan fingerprint density at radius 1 is 1.36 bits per heavy atom. The van der Waals surface area contributed by atoms with E-state index in [0.717, 1.165) is 5.56 Å². The summed E-state index contributed by atoms with van der Waals surface area (Å²) in [5.41, 5.74) is 1.37. The van der Waals surface area contributed by atoms with Crippen LogP contribution in [0.25, 0.3) is 0 Å².